The van der Waals surface area contributed by atoms with Crippen molar-refractivity contribution >= 4 is 17.7 Å². The van der Waals surface area contributed by atoms with E-state index in [1.165, 1.54) is 29.5 Å². The van der Waals surface area contributed by atoms with E-state index in [1.807, 2.05) is 11.8 Å². The zero-order valence-corrected chi connectivity index (χ0v) is 15.7. The lowest BCUT2D eigenvalue weighted by Crippen LogP contribution is -2.64. The quantitative estimate of drug-likeness (QED) is 0.821. The van der Waals surface area contributed by atoms with Crippen LogP contribution in [0.2, 0.25) is 0 Å². The van der Waals surface area contributed by atoms with Gasteiger partial charge in [-0.05, 0) is 50.7 Å². The molecule has 2 heterocycles. The van der Waals surface area contributed by atoms with Crippen molar-refractivity contribution in [3.63, 3.8) is 0 Å². The van der Waals surface area contributed by atoms with E-state index in [4.69, 9.17) is 0 Å². The Morgan fingerprint density at radius 1 is 1.25 bits per heavy atom. The maximum Gasteiger partial charge on any atom is 0.231 e. The molecular formula is C20H28N2OS. The van der Waals surface area contributed by atoms with Crippen LogP contribution in [-0.4, -0.2) is 52.5 Å². The fourth-order valence-corrected chi connectivity index (χ4v) is 5.92. The molecule has 0 bridgehead atoms. The van der Waals surface area contributed by atoms with Crippen LogP contribution in [0, 0.1) is 6.92 Å². The molecule has 1 amide bonds. The maximum atomic E-state index is 13.5. The summed E-state index contributed by atoms with van der Waals surface area (Å²) in [6, 6.07) is 6.64. The molecule has 0 aromatic heterocycles. The molecular weight excluding hydrogens is 316 g/mol. The zero-order valence-electron chi connectivity index (χ0n) is 14.9. The highest BCUT2D eigenvalue weighted by Gasteiger charge is 2.46. The fourth-order valence-electron chi connectivity index (χ4n) is 4.74. The molecule has 0 saturated carbocycles. The summed E-state index contributed by atoms with van der Waals surface area (Å²) in [5.74, 6) is 2.56. The van der Waals surface area contributed by atoms with Crippen molar-refractivity contribution in [3.8, 4) is 0 Å². The van der Waals surface area contributed by atoms with Crippen molar-refractivity contribution < 1.29 is 4.79 Å². The summed E-state index contributed by atoms with van der Waals surface area (Å²) in [6.07, 6.45) is 4.58. The van der Waals surface area contributed by atoms with E-state index in [1.54, 1.807) is 0 Å². The summed E-state index contributed by atoms with van der Waals surface area (Å²) >= 11 is 2.00. The molecule has 1 aliphatic carbocycles. The highest BCUT2D eigenvalue weighted by atomic mass is 32.2. The lowest BCUT2D eigenvalue weighted by atomic mass is 9.97. The number of fused-ring (bicyclic) bond motifs is 1. The molecule has 2 saturated heterocycles. The second-order valence-electron chi connectivity index (χ2n) is 7.75. The van der Waals surface area contributed by atoms with E-state index >= 15 is 0 Å². The first kappa shape index (κ1) is 16.5. The monoisotopic (exact) mass is 344 g/mol. The topological polar surface area (TPSA) is 23.6 Å². The predicted octanol–water partition coefficient (Wildman–Crippen LogP) is 3.41. The van der Waals surface area contributed by atoms with E-state index in [-0.39, 0.29) is 11.6 Å². The molecule has 0 spiro atoms. The summed E-state index contributed by atoms with van der Waals surface area (Å²) in [5.41, 5.74) is 3.89. The Labute approximate surface area is 149 Å². The average molecular weight is 345 g/mol. The number of benzene rings is 1. The molecule has 24 heavy (non-hydrogen) atoms. The number of nitrogens with zero attached hydrogens (tertiary/aromatic N) is 2. The lowest BCUT2D eigenvalue weighted by Gasteiger charge is -2.50. The van der Waals surface area contributed by atoms with E-state index in [0.717, 1.165) is 44.0 Å². The summed E-state index contributed by atoms with van der Waals surface area (Å²) in [6.45, 7) is 7.62. The van der Waals surface area contributed by atoms with Crippen molar-refractivity contribution in [3.05, 3.63) is 34.9 Å². The Bertz CT molecular complexity index is 641. The van der Waals surface area contributed by atoms with Crippen LogP contribution >= 0.6 is 11.8 Å². The fraction of sp³-hybridized carbons (Fsp3) is 0.650. The molecule has 3 aliphatic rings. The van der Waals surface area contributed by atoms with E-state index in [0.29, 0.717) is 5.91 Å². The van der Waals surface area contributed by atoms with Gasteiger partial charge in [0.05, 0.1) is 5.92 Å². The third-order valence-corrected chi connectivity index (χ3v) is 7.37. The Hall–Kier alpha value is -1.00. The van der Waals surface area contributed by atoms with Crippen LogP contribution in [-0.2, 0) is 11.2 Å². The lowest BCUT2D eigenvalue weighted by molar-refractivity contribution is -0.145. The number of amides is 1. The van der Waals surface area contributed by atoms with Crippen LogP contribution in [0.1, 0.15) is 48.8 Å². The van der Waals surface area contributed by atoms with Gasteiger partial charge in [-0.3, -0.25) is 9.69 Å². The van der Waals surface area contributed by atoms with E-state index in [9.17, 15) is 4.79 Å². The molecule has 0 radical (unpaired) electrons. The van der Waals surface area contributed by atoms with Gasteiger partial charge in [-0.15, -0.1) is 0 Å². The van der Waals surface area contributed by atoms with Crippen LogP contribution in [0.4, 0.5) is 0 Å². The van der Waals surface area contributed by atoms with Gasteiger partial charge in [0.1, 0.15) is 5.66 Å². The molecule has 2 aliphatic heterocycles. The number of carbonyl (C=O) groups is 1. The standard InChI is InChI=1S/C20H28N2OS/c1-15-5-7-17-16(13-15)6-8-18(17)19(23)22-11-12-24-14-20(22,2)21-9-3-4-10-21/h5,7,13,18H,3-4,6,8-12,14H2,1-2H3. The first-order valence-corrected chi connectivity index (χ1v) is 10.5. The number of carbonyl (C=O) groups excluding carboxylic acids is 1. The Kier molecular flexibility index (Phi) is 4.38. The second-order valence-corrected chi connectivity index (χ2v) is 8.85. The molecule has 1 aromatic carbocycles. The molecule has 2 atom stereocenters. The van der Waals surface area contributed by atoms with Gasteiger partial charge in [-0.2, -0.15) is 11.8 Å². The van der Waals surface area contributed by atoms with Gasteiger partial charge in [0.15, 0.2) is 0 Å². The van der Waals surface area contributed by atoms with Gasteiger partial charge in [0.25, 0.3) is 0 Å². The summed E-state index contributed by atoms with van der Waals surface area (Å²) in [4.78, 5) is 18.3. The number of hydrogen-bond donors (Lipinski definition) is 0. The third kappa shape index (κ3) is 2.68. The minimum Gasteiger partial charge on any atom is -0.322 e. The molecule has 2 unspecified atom stereocenters. The number of likely N-dealkylation sites (tertiary alicyclic amines) is 1. The van der Waals surface area contributed by atoms with Gasteiger partial charge in [0, 0.05) is 31.1 Å². The van der Waals surface area contributed by atoms with Crippen molar-refractivity contribution in [1.29, 1.82) is 0 Å². The number of thioether (sulfide) groups is 1. The predicted molar refractivity (Wildman–Crippen MR) is 100 cm³/mol. The summed E-state index contributed by atoms with van der Waals surface area (Å²) in [5, 5.41) is 0. The minimum absolute atomic E-state index is 0.0747. The first-order chi connectivity index (χ1) is 11.6. The zero-order chi connectivity index (χ0) is 16.7. The summed E-state index contributed by atoms with van der Waals surface area (Å²) in [7, 11) is 0. The van der Waals surface area contributed by atoms with Crippen molar-refractivity contribution in [2.75, 3.05) is 31.1 Å². The van der Waals surface area contributed by atoms with E-state index in [2.05, 4.69) is 41.8 Å². The number of hydrogen-bond acceptors (Lipinski definition) is 3. The smallest absolute Gasteiger partial charge is 0.231 e. The van der Waals surface area contributed by atoms with Gasteiger partial charge in [-0.1, -0.05) is 23.8 Å². The van der Waals surface area contributed by atoms with Crippen LogP contribution in [0.25, 0.3) is 0 Å². The van der Waals surface area contributed by atoms with Crippen molar-refractivity contribution in [1.82, 2.24) is 9.80 Å². The van der Waals surface area contributed by atoms with Crippen LogP contribution in [0.3, 0.4) is 0 Å². The van der Waals surface area contributed by atoms with Gasteiger partial charge in [0.2, 0.25) is 5.91 Å². The van der Waals surface area contributed by atoms with Crippen LogP contribution in [0.15, 0.2) is 18.2 Å². The summed E-state index contributed by atoms with van der Waals surface area (Å²) < 4.78 is 0. The number of rotatable bonds is 2. The normalized spacial score (nSPS) is 30.6. The van der Waals surface area contributed by atoms with Crippen molar-refractivity contribution in [2.45, 2.75) is 51.1 Å². The molecule has 4 heteroatoms. The SMILES string of the molecule is Cc1ccc2c(c1)CCC2C(=O)N1CCSCC1(C)N1CCCC1. The largest absolute Gasteiger partial charge is 0.322 e. The molecule has 4 rings (SSSR count). The molecule has 1 aromatic rings. The van der Waals surface area contributed by atoms with Crippen LogP contribution in [0.5, 0.6) is 0 Å². The Morgan fingerprint density at radius 2 is 2.04 bits per heavy atom. The molecule has 3 nitrogen and oxygen atoms in total. The minimum atomic E-state index is -0.0933. The second kappa shape index (κ2) is 6.38. The average Bonchev–Trinajstić information content (AvgIpc) is 3.24. The Morgan fingerprint density at radius 3 is 2.83 bits per heavy atom. The van der Waals surface area contributed by atoms with Gasteiger partial charge < -0.3 is 4.90 Å². The van der Waals surface area contributed by atoms with E-state index < -0.39 is 0 Å². The first-order valence-electron chi connectivity index (χ1n) is 9.33. The molecule has 130 valence electrons. The van der Waals surface area contributed by atoms with Crippen LogP contribution < -0.4 is 0 Å². The molecule has 0 N–H and O–H groups in total. The van der Waals surface area contributed by atoms with Crippen molar-refractivity contribution in [2.24, 2.45) is 0 Å². The van der Waals surface area contributed by atoms with Gasteiger partial charge in [-0.25, -0.2) is 0 Å². The number of aryl methyl sites for hydroxylation is 2. The van der Waals surface area contributed by atoms with Gasteiger partial charge >= 0.3 is 0 Å². The highest BCUT2D eigenvalue weighted by molar-refractivity contribution is 7.99. The highest BCUT2D eigenvalue weighted by Crippen LogP contribution is 2.39. The third-order valence-electron chi connectivity index (χ3n) is 6.14. The Balaban J connectivity index is 1.61. The molecule has 2 fully saturated rings. The maximum absolute atomic E-state index is 13.5.